The van der Waals surface area contributed by atoms with E-state index in [1.54, 1.807) is 13.0 Å². The van der Waals surface area contributed by atoms with Crippen molar-refractivity contribution in [3.8, 4) is 0 Å². The number of likely N-dealkylation sites (N-methyl/N-ethyl adjacent to an activating group) is 2. The Labute approximate surface area is 166 Å². The molecule has 1 unspecified atom stereocenters. The second kappa shape index (κ2) is 9.17. The van der Waals surface area contributed by atoms with Gasteiger partial charge in [0.1, 0.15) is 11.3 Å². The van der Waals surface area contributed by atoms with Crippen molar-refractivity contribution in [2.24, 2.45) is 0 Å². The van der Waals surface area contributed by atoms with Crippen LogP contribution in [0.1, 0.15) is 27.2 Å². The second-order valence-corrected chi connectivity index (χ2v) is 7.65. The van der Waals surface area contributed by atoms with E-state index in [0.29, 0.717) is 24.3 Å². The van der Waals surface area contributed by atoms with Gasteiger partial charge in [0, 0.05) is 38.6 Å². The lowest BCUT2D eigenvalue weighted by molar-refractivity contribution is 0.0877. The molecule has 0 radical (unpaired) electrons. The highest BCUT2D eigenvalue weighted by Gasteiger charge is 2.24. The number of nitrogens with one attached hydrogen (secondary N) is 1. The number of rotatable bonds is 6. The maximum Gasteiger partial charge on any atom is 0.349 e. The third-order valence-electron chi connectivity index (χ3n) is 5.41. The van der Waals surface area contributed by atoms with Crippen LogP contribution in [0, 0.1) is 6.92 Å². The molecule has 6 nitrogen and oxygen atoms in total. The molecule has 1 fully saturated rings. The van der Waals surface area contributed by atoms with Gasteiger partial charge in [-0.3, -0.25) is 9.69 Å². The van der Waals surface area contributed by atoms with Crippen molar-refractivity contribution < 1.29 is 9.21 Å². The highest BCUT2D eigenvalue weighted by molar-refractivity contribution is 5.95. The molecule has 3 rings (SSSR count). The lowest BCUT2D eigenvalue weighted by atomic mass is 10.1. The number of carbonyl (C=O) groups excluding carboxylic acids is 1. The van der Waals surface area contributed by atoms with E-state index < -0.39 is 5.63 Å². The SMILES string of the molecule is Cc1cc(CCc2ccccc2)oc(=O)c1C(=O)NCC1CN(C)CCN1C. The number of piperazine rings is 1. The van der Waals surface area contributed by atoms with Crippen molar-refractivity contribution in [2.45, 2.75) is 25.8 Å². The van der Waals surface area contributed by atoms with Crippen molar-refractivity contribution in [1.82, 2.24) is 15.1 Å². The normalized spacial score (nSPS) is 18.2. The molecular weight excluding hydrogens is 354 g/mol. The van der Waals surface area contributed by atoms with E-state index in [4.69, 9.17) is 4.42 Å². The minimum absolute atomic E-state index is 0.107. The lowest BCUT2D eigenvalue weighted by Gasteiger charge is -2.37. The van der Waals surface area contributed by atoms with Gasteiger partial charge in [0.25, 0.3) is 5.91 Å². The Hall–Kier alpha value is -2.44. The zero-order valence-corrected chi connectivity index (χ0v) is 16.9. The number of amides is 1. The topological polar surface area (TPSA) is 65.8 Å². The molecule has 0 spiro atoms. The van der Waals surface area contributed by atoms with Crippen LogP contribution >= 0.6 is 0 Å². The van der Waals surface area contributed by atoms with Crippen molar-refractivity contribution in [1.29, 1.82) is 0 Å². The number of aryl methyl sites for hydroxylation is 3. The van der Waals surface area contributed by atoms with E-state index in [2.05, 4.69) is 29.2 Å². The van der Waals surface area contributed by atoms with Crippen molar-refractivity contribution in [3.05, 3.63) is 69.3 Å². The molecule has 28 heavy (non-hydrogen) atoms. The van der Waals surface area contributed by atoms with Crippen LogP contribution in [-0.2, 0) is 12.8 Å². The average Bonchev–Trinajstić information content (AvgIpc) is 2.67. The fourth-order valence-corrected chi connectivity index (χ4v) is 3.60. The largest absolute Gasteiger partial charge is 0.427 e. The minimum atomic E-state index is -0.560. The lowest BCUT2D eigenvalue weighted by Crippen LogP contribution is -2.54. The summed E-state index contributed by atoms with van der Waals surface area (Å²) in [6.07, 6.45) is 1.41. The van der Waals surface area contributed by atoms with Crippen molar-refractivity contribution >= 4 is 5.91 Å². The maximum absolute atomic E-state index is 12.6. The molecule has 150 valence electrons. The Kier molecular flexibility index (Phi) is 6.65. The zero-order valence-electron chi connectivity index (χ0n) is 16.9. The Bertz CT molecular complexity index is 863. The number of hydrogen-bond donors (Lipinski definition) is 1. The molecule has 1 N–H and O–H groups in total. The van der Waals surface area contributed by atoms with E-state index in [1.807, 2.05) is 30.3 Å². The summed E-state index contributed by atoms with van der Waals surface area (Å²) in [5.41, 5.74) is 1.39. The third-order valence-corrected chi connectivity index (χ3v) is 5.41. The molecule has 0 aliphatic carbocycles. The van der Waals surface area contributed by atoms with Gasteiger partial charge in [-0.2, -0.15) is 0 Å². The molecule has 2 aromatic rings. The molecule has 2 heterocycles. The molecule has 1 amide bonds. The van der Waals surface area contributed by atoms with Gasteiger partial charge in [-0.15, -0.1) is 0 Å². The Balaban J connectivity index is 1.63. The highest BCUT2D eigenvalue weighted by Crippen LogP contribution is 2.11. The summed E-state index contributed by atoms with van der Waals surface area (Å²) in [5, 5.41) is 2.91. The number of nitrogens with zero attached hydrogens (tertiary/aromatic N) is 2. The van der Waals surface area contributed by atoms with Gasteiger partial charge in [-0.25, -0.2) is 4.79 Å². The molecule has 1 aromatic heterocycles. The second-order valence-electron chi connectivity index (χ2n) is 7.65. The summed E-state index contributed by atoms with van der Waals surface area (Å²) in [6.45, 7) is 5.18. The van der Waals surface area contributed by atoms with Gasteiger partial charge in [-0.1, -0.05) is 30.3 Å². The first-order valence-electron chi connectivity index (χ1n) is 9.78. The van der Waals surface area contributed by atoms with Gasteiger partial charge in [0.2, 0.25) is 0 Å². The van der Waals surface area contributed by atoms with E-state index in [-0.39, 0.29) is 17.5 Å². The molecule has 1 aliphatic heterocycles. The van der Waals surface area contributed by atoms with E-state index in [1.165, 1.54) is 5.56 Å². The molecule has 6 heteroatoms. The van der Waals surface area contributed by atoms with Crippen LogP contribution < -0.4 is 10.9 Å². The molecular formula is C22H29N3O3. The quantitative estimate of drug-likeness (QED) is 0.823. The zero-order chi connectivity index (χ0) is 20.1. The fraction of sp³-hybridized carbons (Fsp3) is 0.455. The van der Waals surface area contributed by atoms with E-state index in [9.17, 15) is 9.59 Å². The standard InChI is InChI=1S/C22H29N3O3/c1-16-13-19(10-9-17-7-5-4-6-8-17)28-22(27)20(16)21(26)23-14-18-15-24(2)11-12-25(18)3/h4-8,13,18H,9-12,14-15H2,1-3H3,(H,23,26). The molecule has 1 atom stereocenters. The van der Waals surface area contributed by atoms with Gasteiger partial charge < -0.3 is 14.6 Å². The van der Waals surface area contributed by atoms with Crippen LogP contribution in [0.2, 0.25) is 0 Å². The number of benzene rings is 1. The summed E-state index contributed by atoms with van der Waals surface area (Å²) in [6, 6.07) is 12.1. The Morgan fingerprint density at radius 3 is 2.64 bits per heavy atom. The highest BCUT2D eigenvalue weighted by atomic mass is 16.4. The Morgan fingerprint density at radius 1 is 1.18 bits per heavy atom. The molecule has 1 aromatic carbocycles. The third kappa shape index (κ3) is 5.09. The average molecular weight is 383 g/mol. The monoisotopic (exact) mass is 383 g/mol. The summed E-state index contributed by atoms with van der Waals surface area (Å²) in [5.74, 6) is 0.249. The van der Waals surface area contributed by atoms with Crippen LogP contribution in [0.15, 0.2) is 45.6 Å². The number of carbonyl (C=O) groups is 1. The summed E-state index contributed by atoms with van der Waals surface area (Å²) >= 11 is 0. The number of hydrogen-bond acceptors (Lipinski definition) is 5. The minimum Gasteiger partial charge on any atom is -0.427 e. The molecule has 1 aliphatic rings. The molecule has 0 saturated carbocycles. The van der Waals surface area contributed by atoms with E-state index in [0.717, 1.165) is 26.1 Å². The summed E-state index contributed by atoms with van der Waals surface area (Å²) in [7, 11) is 4.14. The maximum atomic E-state index is 12.6. The molecule has 1 saturated heterocycles. The fourth-order valence-electron chi connectivity index (χ4n) is 3.60. The van der Waals surface area contributed by atoms with Gasteiger partial charge in [0.05, 0.1) is 0 Å². The van der Waals surface area contributed by atoms with Crippen LogP contribution in [0.4, 0.5) is 0 Å². The van der Waals surface area contributed by atoms with E-state index >= 15 is 0 Å². The summed E-state index contributed by atoms with van der Waals surface area (Å²) in [4.78, 5) is 29.5. The van der Waals surface area contributed by atoms with Crippen molar-refractivity contribution in [2.75, 3.05) is 40.3 Å². The van der Waals surface area contributed by atoms with Crippen LogP contribution in [0.25, 0.3) is 0 Å². The molecule has 0 bridgehead atoms. The van der Waals surface area contributed by atoms with Crippen LogP contribution in [0.3, 0.4) is 0 Å². The summed E-state index contributed by atoms with van der Waals surface area (Å²) < 4.78 is 5.43. The van der Waals surface area contributed by atoms with Crippen molar-refractivity contribution in [3.63, 3.8) is 0 Å². The predicted octanol–water partition coefficient (Wildman–Crippen LogP) is 1.71. The first kappa shape index (κ1) is 20.3. The van der Waals surface area contributed by atoms with Crippen LogP contribution in [0.5, 0.6) is 0 Å². The first-order valence-corrected chi connectivity index (χ1v) is 9.78. The smallest absolute Gasteiger partial charge is 0.349 e. The van der Waals surface area contributed by atoms with Gasteiger partial charge >= 0.3 is 5.63 Å². The first-order chi connectivity index (χ1) is 13.4. The van der Waals surface area contributed by atoms with Gasteiger partial charge in [-0.05, 0) is 44.6 Å². The Morgan fingerprint density at radius 2 is 1.93 bits per heavy atom. The van der Waals surface area contributed by atoms with Gasteiger partial charge in [0.15, 0.2) is 0 Å². The predicted molar refractivity (Wildman–Crippen MR) is 110 cm³/mol. The van der Waals surface area contributed by atoms with Crippen LogP contribution in [-0.4, -0.2) is 62.0 Å².